The average molecular weight is 259 g/mol. The van der Waals surface area contributed by atoms with Crippen molar-refractivity contribution in [2.75, 3.05) is 32.8 Å². The normalized spacial score (nSPS) is 20.4. The van der Waals surface area contributed by atoms with E-state index in [9.17, 15) is 9.90 Å². The molecule has 1 aliphatic heterocycles. The van der Waals surface area contributed by atoms with Crippen molar-refractivity contribution in [2.24, 2.45) is 11.8 Å². The topological polar surface area (TPSA) is 70.0 Å². The maximum atomic E-state index is 10.8. The Morgan fingerprint density at radius 1 is 1.50 bits per heavy atom. The van der Waals surface area contributed by atoms with Crippen molar-refractivity contribution in [1.29, 1.82) is 0 Å². The fourth-order valence-corrected chi connectivity index (χ4v) is 2.09. The lowest BCUT2D eigenvalue weighted by Gasteiger charge is -2.42. The number of nitrogens with zero attached hydrogens (tertiary/aromatic N) is 1. The molecule has 0 aliphatic carbocycles. The van der Waals surface area contributed by atoms with Gasteiger partial charge in [0.05, 0.1) is 18.6 Å². The van der Waals surface area contributed by atoms with Crippen LogP contribution < -0.4 is 0 Å². The molecule has 2 atom stereocenters. The monoisotopic (exact) mass is 259 g/mol. The lowest BCUT2D eigenvalue weighted by Crippen LogP contribution is -2.53. The van der Waals surface area contributed by atoms with Gasteiger partial charge in [0.15, 0.2) is 0 Å². The van der Waals surface area contributed by atoms with Gasteiger partial charge < -0.3 is 14.9 Å². The number of aliphatic hydroxyl groups excluding tert-OH is 1. The average Bonchev–Trinajstić information content (AvgIpc) is 2.28. The van der Waals surface area contributed by atoms with Crippen LogP contribution in [-0.4, -0.2) is 60.0 Å². The lowest BCUT2D eigenvalue weighted by molar-refractivity contribution is -0.145. The Morgan fingerprint density at radius 2 is 2.17 bits per heavy atom. The third-order valence-electron chi connectivity index (χ3n) is 3.50. The first-order valence-corrected chi connectivity index (χ1v) is 6.75. The van der Waals surface area contributed by atoms with Crippen LogP contribution in [0.4, 0.5) is 0 Å². The number of hydrogen-bond donors (Lipinski definition) is 2. The van der Waals surface area contributed by atoms with E-state index < -0.39 is 12.1 Å². The summed E-state index contributed by atoms with van der Waals surface area (Å²) in [6.45, 7) is 7.02. The van der Waals surface area contributed by atoms with Gasteiger partial charge in [-0.15, -0.1) is 0 Å². The van der Waals surface area contributed by atoms with E-state index in [1.54, 1.807) is 6.92 Å². The number of hydrogen-bond acceptors (Lipinski definition) is 4. The van der Waals surface area contributed by atoms with Crippen molar-refractivity contribution < 1.29 is 19.7 Å². The summed E-state index contributed by atoms with van der Waals surface area (Å²) in [5.74, 6) is -0.807. The predicted octanol–water partition coefficient (Wildman–Crippen LogP) is 0.816. The predicted molar refractivity (Wildman–Crippen MR) is 68.5 cm³/mol. The minimum absolute atomic E-state index is 0.218. The smallest absolute Gasteiger partial charge is 0.306 e. The molecule has 1 heterocycles. The van der Waals surface area contributed by atoms with E-state index in [0.29, 0.717) is 19.8 Å². The second-order valence-corrected chi connectivity index (χ2v) is 5.19. The standard InChI is InChI=1S/C13H25NO4/c1-3-4-5-18-9-12(15)8-14-6-11(7-14)10(2)13(16)17/h10-12,15H,3-9H2,1-2H3,(H,16,17). The third-order valence-corrected chi connectivity index (χ3v) is 3.50. The largest absolute Gasteiger partial charge is 0.481 e. The number of likely N-dealkylation sites (tertiary alicyclic amines) is 1. The van der Waals surface area contributed by atoms with E-state index in [4.69, 9.17) is 9.84 Å². The van der Waals surface area contributed by atoms with E-state index in [2.05, 4.69) is 11.8 Å². The molecule has 2 N–H and O–H groups in total. The number of carbonyl (C=O) groups is 1. The van der Waals surface area contributed by atoms with Crippen LogP contribution in [0.1, 0.15) is 26.7 Å². The molecule has 0 saturated carbocycles. The highest BCUT2D eigenvalue weighted by Crippen LogP contribution is 2.23. The third kappa shape index (κ3) is 4.92. The van der Waals surface area contributed by atoms with E-state index in [0.717, 1.165) is 25.9 Å². The van der Waals surface area contributed by atoms with Gasteiger partial charge in [-0.1, -0.05) is 20.3 Å². The molecule has 1 saturated heterocycles. The van der Waals surface area contributed by atoms with Gasteiger partial charge in [-0.25, -0.2) is 0 Å². The summed E-state index contributed by atoms with van der Waals surface area (Å²) in [7, 11) is 0. The van der Waals surface area contributed by atoms with E-state index in [1.165, 1.54) is 0 Å². The van der Waals surface area contributed by atoms with Crippen molar-refractivity contribution >= 4 is 5.97 Å². The van der Waals surface area contributed by atoms with Gasteiger partial charge in [0.1, 0.15) is 0 Å². The van der Waals surface area contributed by atoms with Gasteiger partial charge in [0.25, 0.3) is 0 Å². The van der Waals surface area contributed by atoms with Crippen molar-refractivity contribution in [3.63, 3.8) is 0 Å². The minimum atomic E-state index is -0.733. The van der Waals surface area contributed by atoms with Crippen molar-refractivity contribution in [3.8, 4) is 0 Å². The molecule has 5 nitrogen and oxygen atoms in total. The summed E-state index contributed by atoms with van der Waals surface area (Å²) < 4.78 is 5.35. The highest BCUT2D eigenvalue weighted by Gasteiger charge is 2.35. The second-order valence-electron chi connectivity index (χ2n) is 5.19. The molecule has 2 unspecified atom stereocenters. The van der Waals surface area contributed by atoms with E-state index >= 15 is 0 Å². The minimum Gasteiger partial charge on any atom is -0.481 e. The Hall–Kier alpha value is -0.650. The van der Waals surface area contributed by atoms with Crippen LogP contribution in [0.15, 0.2) is 0 Å². The molecule has 0 aromatic heterocycles. The number of β-amino-alcohol motifs (C(OH)–C–C–N with tert-alkyl or cyclic N) is 1. The molecule has 1 fully saturated rings. The fraction of sp³-hybridized carbons (Fsp3) is 0.923. The molecule has 106 valence electrons. The van der Waals surface area contributed by atoms with Gasteiger partial charge in [-0.05, 0) is 12.3 Å². The highest BCUT2D eigenvalue weighted by atomic mass is 16.5. The van der Waals surface area contributed by atoms with Gasteiger partial charge in [0, 0.05) is 26.2 Å². The Balaban J connectivity index is 2.06. The number of carboxylic acids is 1. The van der Waals surface area contributed by atoms with Gasteiger partial charge >= 0.3 is 5.97 Å². The van der Waals surface area contributed by atoms with Gasteiger partial charge in [-0.2, -0.15) is 0 Å². The van der Waals surface area contributed by atoms with Crippen molar-refractivity contribution in [3.05, 3.63) is 0 Å². The van der Waals surface area contributed by atoms with Crippen LogP contribution in [0.3, 0.4) is 0 Å². The summed E-state index contributed by atoms with van der Waals surface area (Å²) in [5.41, 5.74) is 0. The molecule has 0 aromatic rings. The number of aliphatic hydroxyl groups is 1. The number of rotatable bonds is 9. The molecule has 1 aliphatic rings. The molecule has 5 heteroatoms. The Bertz CT molecular complexity index is 253. The summed E-state index contributed by atoms with van der Waals surface area (Å²) in [6.07, 6.45) is 1.65. The summed E-state index contributed by atoms with van der Waals surface area (Å²) in [5, 5.41) is 18.6. The second kappa shape index (κ2) is 7.71. The lowest BCUT2D eigenvalue weighted by atomic mass is 9.87. The van der Waals surface area contributed by atoms with Crippen molar-refractivity contribution in [2.45, 2.75) is 32.8 Å². The summed E-state index contributed by atoms with van der Waals surface area (Å²) in [4.78, 5) is 12.9. The molecule has 0 spiro atoms. The molecular formula is C13H25NO4. The molecule has 18 heavy (non-hydrogen) atoms. The van der Waals surface area contributed by atoms with Crippen LogP contribution in [0, 0.1) is 11.8 Å². The number of ether oxygens (including phenoxy) is 1. The first-order valence-electron chi connectivity index (χ1n) is 6.75. The first-order chi connectivity index (χ1) is 8.54. The van der Waals surface area contributed by atoms with Crippen molar-refractivity contribution in [1.82, 2.24) is 4.90 Å². The summed E-state index contributed by atoms with van der Waals surface area (Å²) in [6, 6.07) is 0. The SMILES string of the molecule is CCCCOCC(O)CN1CC(C(C)C(=O)O)C1. The zero-order valence-corrected chi connectivity index (χ0v) is 11.3. The Kier molecular flexibility index (Phi) is 6.60. The van der Waals surface area contributed by atoms with Crippen LogP contribution >= 0.6 is 0 Å². The summed E-state index contributed by atoms with van der Waals surface area (Å²) >= 11 is 0. The molecule has 0 aromatic carbocycles. The number of carboxylic acid groups (broad SMARTS) is 1. The van der Waals surface area contributed by atoms with Gasteiger partial charge in [0.2, 0.25) is 0 Å². The Labute approximate surface area is 109 Å². The van der Waals surface area contributed by atoms with Crippen LogP contribution in [0.2, 0.25) is 0 Å². The van der Waals surface area contributed by atoms with Gasteiger partial charge in [-0.3, -0.25) is 9.69 Å². The number of unbranched alkanes of at least 4 members (excludes halogenated alkanes) is 1. The molecule has 0 radical (unpaired) electrons. The zero-order chi connectivity index (χ0) is 13.5. The maximum absolute atomic E-state index is 10.8. The molecular weight excluding hydrogens is 234 g/mol. The fourth-order valence-electron chi connectivity index (χ4n) is 2.09. The highest BCUT2D eigenvalue weighted by molar-refractivity contribution is 5.70. The molecule has 0 amide bonds. The molecule has 1 rings (SSSR count). The number of aliphatic carboxylic acids is 1. The first kappa shape index (κ1) is 15.4. The Morgan fingerprint density at radius 3 is 2.72 bits per heavy atom. The van der Waals surface area contributed by atoms with E-state index in [1.807, 2.05) is 0 Å². The van der Waals surface area contributed by atoms with Crippen LogP contribution in [-0.2, 0) is 9.53 Å². The van der Waals surface area contributed by atoms with Crippen LogP contribution in [0.25, 0.3) is 0 Å². The zero-order valence-electron chi connectivity index (χ0n) is 11.3. The van der Waals surface area contributed by atoms with E-state index in [-0.39, 0.29) is 11.8 Å². The maximum Gasteiger partial charge on any atom is 0.306 e. The van der Waals surface area contributed by atoms with Crippen LogP contribution in [0.5, 0.6) is 0 Å². The molecule has 0 bridgehead atoms. The quantitative estimate of drug-likeness (QED) is 0.600.